The molecule has 3 aromatic rings. The van der Waals surface area contributed by atoms with E-state index in [1.54, 1.807) is 40.2 Å². The minimum absolute atomic E-state index is 0.0913. The summed E-state index contributed by atoms with van der Waals surface area (Å²) in [6.45, 7) is 3.62. The lowest BCUT2D eigenvalue weighted by atomic mass is 10.2. The second kappa shape index (κ2) is 7.89. The fourth-order valence-electron chi connectivity index (χ4n) is 3.36. The van der Waals surface area contributed by atoms with E-state index in [2.05, 4.69) is 0 Å². The Morgan fingerprint density at radius 3 is 2.79 bits per heavy atom. The highest BCUT2D eigenvalue weighted by Crippen LogP contribution is 2.36. The molecule has 146 valence electrons. The van der Waals surface area contributed by atoms with E-state index in [0.29, 0.717) is 21.3 Å². The predicted octanol–water partition coefficient (Wildman–Crippen LogP) is 4.63. The van der Waals surface area contributed by atoms with Crippen LogP contribution in [0.3, 0.4) is 0 Å². The van der Waals surface area contributed by atoms with Crippen molar-refractivity contribution in [2.75, 3.05) is 5.75 Å². The molecule has 0 fully saturated rings. The van der Waals surface area contributed by atoms with E-state index in [1.807, 2.05) is 13.8 Å². The Labute approximate surface area is 175 Å². The molecule has 1 aromatic carbocycles. The molecule has 0 saturated heterocycles. The molecule has 1 aliphatic rings. The molecule has 0 unspecified atom stereocenters. The van der Waals surface area contributed by atoms with E-state index >= 15 is 0 Å². The maximum Gasteiger partial charge on any atom is 0.316 e. The van der Waals surface area contributed by atoms with Crippen LogP contribution in [0.2, 0.25) is 5.02 Å². The number of esters is 1. The number of rotatable bonds is 5. The van der Waals surface area contributed by atoms with Crippen molar-refractivity contribution in [1.29, 1.82) is 0 Å². The summed E-state index contributed by atoms with van der Waals surface area (Å²) in [5.74, 6) is -0.236. The van der Waals surface area contributed by atoms with Crippen molar-refractivity contribution in [3.8, 4) is 5.69 Å². The fourth-order valence-corrected chi connectivity index (χ4v) is 5.58. The summed E-state index contributed by atoms with van der Waals surface area (Å²) in [6, 6.07) is 7.07. The highest BCUT2D eigenvalue weighted by molar-refractivity contribution is 7.99. The topological polar surface area (TPSA) is 61.2 Å². The number of halogens is 1. The zero-order valence-electron chi connectivity index (χ0n) is 15.5. The number of fused-ring (bicyclic) bond motifs is 3. The minimum atomic E-state index is -0.328. The van der Waals surface area contributed by atoms with Gasteiger partial charge in [-0.15, -0.1) is 11.3 Å². The lowest BCUT2D eigenvalue weighted by Gasteiger charge is -2.13. The second-order valence-corrected chi connectivity index (χ2v) is 9.34. The van der Waals surface area contributed by atoms with Crippen LogP contribution in [0.4, 0.5) is 0 Å². The highest BCUT2D eigenvalue weighted by Gasteiger charge is 2.24. The van der Waals surface area contributed by atoms with Gasteiger partial charge in [-0.1, -0.05) is 23.4 Å². The molecule has 2 heterocycles. The highest BCUT2D eigenvalue weighted by atomic mass is 35.5. The van der Waals surface area contributed by atoms with Crippen molar-refractivity contribution >= 4 is 50.9 Å². The SMILES string of the molecule is CC(C)OC(=O)CSc1nc2sc3c(c2c(=O)n1-c1ccc(Cl)cc1)CCC3. The number of thiophene rings is 1. The number of carbonyl (C=O) groups excluding carboxylic acids is 1. The van der Waals surface area contributed by atoms with Crippen LogP contribution in [0.25, 0.3) is 15.9 Å². The molecule has 0 spiro atoms. The largest absolute Gasteiger partial charge is 0.462 e. The average molecular weight is 435 g/mol. The Morgan fingerprint density at radius 2 is 2.07 bits per heavy atom. The Hall–Kier alpha value is -1.83. The Balaban J connectivity index is 1.82. The van der Waals surface area contributed by atoms with Crippen LogP contribution >= 0.6 is 34.7 Å². The van der Waals surface area contributed by atoms with Gasteiger partial charge in [0.2, 0.25) is 0 Å². The third-order valence-electron chi connectivity index (χ3n) is 4.48. The molecule has 0 atom stereocenters. The van der Waals surface area contributed by atoms with Gasteiger partial charge in [0.25, 0.3) is 5.56 Å². The molecular formula is C20H19ClN2O3S2. The Morgan fingerprint density at radius 1 is 1.32 bits per heavy atom. The average Bonchev–Trinajstić information content (AvgIpc) is 3.21. The van der Waals surface area contributed by atoms with Crippen molar-refractivity contribution in [3.05, 3.63) is 50.1 Å². The number of ether oxygens (including phenoxy) is 1. The standard InChI is InChI=1S/C20H19ClN2O3S2/c1-11(2)26-16(24)10-27-20-22-18-17(14-4-3-5-15(14)28-18)19(25)23(20)13-8-6-12(21)7-9-13/h6-9,11H,3-5,10H2,1-2H3. The number of nitrogens with zero attached hydrogens (tertiary/aromatic N) is 2. The molecule has 4 rings (SSSR count). The molecule has 5 nitrogen and oxygen atoms in total. The molecular weight excluding hydrogens is 416 g/mol. The lowest BCUT2D eigenvalue weighted by molar-refractivity contribution is -0.144. The monoisotopic (exact) mass is 434 g/mol. The van der Waals surface area contributed by atoms with E-state index in [9.17, 15) is 9.59 Å². The van der Waals surface area contributed by atoms with Gasteiger partial charge in [0.05, 0.1) is 22.9 Å². The molecule has 0 aliphatic heterocycles. The molecule has 0 saturated carbocycles. The predicted molar refractivity (Wildman–Crippen MR) is 114 cm³/mol. The summed E-state index contributed by atoms with van der Waals surface area (Å²) >= 11 is 8.82. The first-order valence-corrected chi connectivity index (χ1v) is 11.3. The number of carbonyl (C=O) groups is 1. The zero-order valence-corrected chi connectivity index (χ0v) is 17.9. The van der Waals surface area contributed by atoms with Gasteiger partial charge >= 0.3 is 5.97 Å². The summed E-state index contributed by atoms with van der Waals surface area (Å²) < 4.78 is 6.79. The van der Waals surface area contributed by atoms with Gasteiger partial charge in [0, 0.05) is 9.90 Å². The molecule has 0 amide bonds. The van der Waals surface area contributed by atoms with Crippen LogP contribution < -0.4 is 5.56 Å². The summed E-state index contributed by atoms with van der Waals surface area (Å²) in [5, 5.41) is 1.79. The first kappa shape index (κ1) is 19.5. The van der Waals surface area contributed by atoms with Gasteiger partial charge in [0.1, 0.15) is 4.83 Å². The van der Waals surface area contributed by atoms with E-state index in [0.717, 1.165) is 29.7 Å². The molecule has 2 aromatic heterocycles. The number of aromatic nitrogens is 2. The summed E-state index contributed by atoms with van der Waals surface area (Å²) in [5.41, 5.74) is 1.73. The van der Waals surface area contributed by atoms with Crippen molar-refractivity contribution in [3.63, 3.8) is 0 Å². The molecule has 28 heavy (non-hydrogen) atoms. The van der Waals surface area contributed by atoms with Crippen molar-refractivity contribution in [2.45, 2.75) is 44.4 Å². The third-order valence-corrected chi connectivity index (χ3v) is 6.83. The second-order valence-electron chi connectivity index (χ2n) is 6.88. The quantitative estimate of drug-likeness (QED) is 0.333. The van der Waals surface area contributed by atoms with Gasteiger partial charge in [-0.25, -0.2) is 4.98 Å². The number of thioether (sulfide) groups is 1. The van der Waals surface area contributed by atoms with Crippen LogP contribution in [0, 0.1) is 0 Å². The summed E-state index contributed by atoms with van der Waals surface area (Å²) in [4.78, 5) is 32.2. The van der Waals surface area contributed by atoms with E-state index in [4.69, 9.17) is 21.3 Å². The first-order chi connectivity index (χ1) is 13.4. The van der Waals surface area contributed by atoms with E-state index < -0.39 is 0 Å². The van der Waals surface area contributed by atoms with E-state index in [-0.39, 0.29) is 23.4 Å². The summed E-state index contributed by atoms with van der Waals surface area (Å²) in [6.07, 6.45) is 2.82. The van der Waals surface area contributed by atoms with Gasteiger partial charge in [-0.3, -0.25) is 14.2 Å². The molecule has 0 bridgehead atoms. The molecule has 0 N–H and O–H groups in total. The van der Waals surface area contributed by atoms with Gasteiger partial charge in [0.15, 0.2) is 5.16 Å². The van der Waals surface area contributed by atoms with Crippen LogP contribution in [0.1, 0.15) is 30.7 Å². The smallest absolute Gasteiger partial charge is 0.316 e. The summed E-state index contributed by atoms with van der Waals surface area (Å²) in [7, 11) is 0. The molecule has 0 radical (unpaired) electrons. The van der Waals surface area contributed by atoms with Crippen LogP contribution in [0.15, 0.2) is 34.2 Å². The van der Waals surface area contributed by atoms with Gasteiger partial charge in [-0.2, -0.15) is 0 Å². The maximum absolute atomic E-state index is 13.4. The number of hydrogen-bond donors (Lipinski definition) is 0. The van der Waals surface area contributed by atoms with Crippen LogP contribution in [-0.4, -0.2) is 27.4 Å². The zero-order chi connectivity index (χ0) is 19.8. The van der Waals surface area contributed by atoms with Gasteiger partial charge < -0.3 is 4.74 Å². The number of hydrogen-bond acceptors (Lipinski definition) is 6. The van der Waals surface area contributed by atoms with Gasteiger partial charge in [-0.05, 0) is 62.9 Å². The van der Waals surface area contributed by atoms with Crippen molar-refractivity contribution < 1.29 is 9.53 Å². The maximum atomic E-state index is 13.4. The van der Waals surface area contributed by atoms with Crippen molar-refractivity contribution in [2.24, 2.45) is 0 Å². The van der Waals surface area contributed by atoms with Crippen molar-refractivity contribution in [1.82, 2.24) is 9.55 Å². The van der Waals surface area contributed by atoms with E-state index in [1.165, 1.54) is 16.6 Å². The number of aryl methyl sites for hydroxylation is 2. The minimum Gasteiger partial charge on any atom is -0.462 e. The normalized spacial score (nSPS) is 13.3. The Kier molecular flexibility index (Phi) is 5.49. The number of benzene rings is 1. The fraction of sp³-hybridized carbons (Fsp3) is 0.350. The third kappa shape index (κ3) is 3.71. The molecule has 1 aliphatic carbocycles. The lowest BCUT2D eigenvalue weighted by Crippen LogP contribution is -2.22. The Bertz CT molecular complexity index is 1100. The molecule has 8 heteroatoms. The first-order valence-electron chi connectivity index (χ1n) is 9.09. The van der Waals surface area contributed by atoms with Crippen LogP contribution in [0.5, 0.6) is 0 Å². The van der Waals surface area contributed by atoms with Crippen LogP contribution in [-0.2, 0) is 22.4 Å².